The molecule has 1 aromatic carbocycles. The van der Waals surface area contributed by atoms with E-state index in [1.54, 1.807) is 31.2 Å². The Morgan fingerprint density at radius 2 is 1.71 bits per heavy atom. The summed E-state index contributed by atoms with van der Waals surface area (Å²) in [5.74, 6) is -0.407. The van der Waals surface area contributed by atoms with Crippen LogP contribution in [0.3, 0.4) is 0 Å². The van der Waals surface area contributed by atoms with Crippen molar-refractivity contribution in [2.45, 2.75) is 59.9 Å². The van der Waals surface area contributed by atoms with Crippen molar-refractivity contribution in [3.63, 3.8) is 0 Å². The van der Waals surface area contributed by atoms with E-state index in [1.165, 1.54) is 13.0 Å². The molecule has 5 nitrogen and oxygen atoms in total. The predicted molar refractivity (Wildman–Crippen MR) is 110 cm³/mol. The van der Waals surface area contributed by atoms with Crippen LogP contribution in [-0.4, -0.2) is 35.1 Å². The number of rotatable bonds is 4. The summed E-state index contributed by atoms with van der Waals surface area (Å²) in [6, 6.07) is 6.98. The molecule has 0 radical (unpaired) electrons. The van der Waals surface area contributed by atoms with Crippen LogP contribution >= 0.6 is 0 Å². The molecule has 1 N–H and O–H groups in total. The molecule has 2 amide bonds. The Labute approximate surface area is 167 Å². The number of amides is 2. The smallest absolute Gasteiger partial charge is 0.249 e. The quantitative estimate of drug-likeness (QED) is 0.627. The summed E-state index contributed by atoms with van der Waals surface area (Å²) in [5, 5.41) is 2.75. The van der Waals surface area contributed by atoms with E-state index in [-0.39, 0.29) is 34.5 Å². The maximum Gasteiger partial charge on any atom is 0.249 e. The van der Waals surface area contributed by atoms with E-state index < -0.39 is 0 Å². The summed E-state index contributed by atoms with van der Waals surface area (Å²) in [6.45, 7) is 10.8. The lowest BCUT2D eigenvalue weighted by Gasteiger charge is -2.39. The van der Waals surface area contributed by atoms with Gasteiger partial charge in [0.05, 0.1) is 0 Å². The summed E-state index contributed by atoms with van der Waals surface area (Å²) < 4.78 is 0. The maximum absolute atomic E-state index is 13.0. The van der Waals surface area contributed by atoms with Crippen LogP contribution in [0.1, 0.15) is 64.2 Å². The highest BCUT2D eigenvalue weighted by Crippen LogP contribution is 2.52. The molecular weight excluding hydrogens is 352 g/mol. The first-order valence-electron chi connectivity index (χ1n) is 9.89. The number of hydrogen-bond acceptors (Lipinski definition) is 3. The van der Waals surface area contributed by atoms with Gasteiger partial charge in [0.15, 0.2) is 5.78 Å². The fourth-order valence-electron chi connectivity index (χ4n) is 5.15. The van der Waals surface area contributed by atoms with E-state index in [2.05, 4.69) is 26.1 Å². The number of Topliss-reactive ketones (excluding diaryl/α,β-unsaturated/α-hetero) is 1. The third kappa shape index (κ3) is 4.34. The largest absolute Gasteiger partial charge is 0.335 e. The zero-order valence-corrected chi connectivity index (χ0v) is 17.5. The number of likely N-dealkylation sites (tertiary alicyclic amines) is 1. The number of anilines is 1. The van der Waals surface area contributed by atoms with E-state index in [1.807, 2.05) is 4.90 Å². The van der Waals surface area contributed by atoms with Gasteiger partial charge in [-0.25, -0.2) is 0 Å². The highest BCUT2D eigenvalue weighted by atomic mass is 16.2. The molecule has 2 atom stereocenters. The minimum atomic E-state index is -0.338. The summed E-state index contributed by atoms with van der Waals surface area (Å²) in [6.07, 6.45) is 4.55. The molecule has 1 saturated carbocycles. The number of ketones is 1. The van der Waals surface area contributed by atoms with Gasteiger partial charge in [-0.05, 0) is 68.2 Å². The average molecular weight is 383 g/mol. The summed E-state index contributed by atoms with van der Waals surface area (Å²) in [4.78, 5) is 38.6. The molecule has 1 aliphatic carbocycles. The third-order valence-corrected chi connectivity index (χ3v) is 5.92. The molecule has 5 heteroatoms. The minimum Gasteiger partial charge on any atom is -0.335 e. The van der Waals surface area contributed by atoms with Crippen molar-refractivity contribution in [1.82, 2.24) is 4.90 Å². The van der Waals surface area contributed by atoms with Gasteiger partial charge in [-0.3, -0.25) is 14.4 Å². The topological polar surface area (TPSA) is 66.5 Å². The van der Waals surface area contributed by atoms with Crippen molar-refractivity contribution in [1.29, 1.82) is 0 Å². The molecule has 0 aromatic heterocycles. The van der Waals surface area contributed by atoms with E-state index in [0.29, 0.717) is 16.8 Å². The summed E-state index contributed by atoms with van der Waals surface area (Å²) in [5.41, 5.74) is 2.05. The number of hydrogen-bond donors (Lipinski definition) is 1. The van der Waals surface area contributed by atoms with Gasteiger partial charge in [-0.15, -0.1) is 0 Å². The number of carbonyl (C=O) groups is 3. The minimum absolute atomic E-state index is 0.0214. The van der Waals surface area contributed by atoms with E-state index in [9.17, 15) is 14.4 Å². The number of nitrogens with zero attached hydrogens (tertiary/aromatic N) is 1. The second-order valence-electron chi connectivity index (χ2n) is 9.60. The second-order valence-corrected chi connectivity index (χ2v) is 9.60. The number of carbonyl (C=O) groups excluding carboxylic acids is 3. The van der Waals surface area contributed by atoms with Crippen LogP contribution in [0.5, 0.6) is 0 Å². The molecule has 1 saturated heterocycles. The average Bonchev–Trinajstić information content (AvgIpc) is 2.83. The van der Waals surface area contributed by atoms with E-state index in [0.717, 1.165) is 25.8 Å². The van der Waals surface area contributed by atoms with Crippen molar-refractivity contribution in [3.8, 4) is 0 Å². The van der Waals surface area contributed by atoms with Crippen LogP contribution in [-0.2, 0) is 9.59 Å². The number of fused-ring (bicyclic) bond motifs is 2. The van der Waals surface area contributed by atoms with Crippen molar-refractivity contribution in [2.24, 2.45) is 10.8 Å². The second kappa shape index (κ2) is 7.19. The predicted octanol–water partition coefficient (Wildman–Crippen LogP) is 4.20. The molecule has 2 aliphatic rings. The molecule has 1 aliphatic heterocycles. The Kier molecular flexibility index (Phi) is 5.22. The zero-order chi connectivity index (χ0) is 20.7. The first-order chi connectivity index (χ1) is 13.0. The van der Waals surface area contributed by atoms with E-state index >= 15 is 0 Å². The molecule has 150 valence electrons. The van der Waals surface area contributed by atoms with Crippen LogP contribution in [0.2, 0.25) is 0 Å². The summed E-state index contributed by atoms with van der Waals surface area (Å²) in [7, 11) is 0. The van der Waals surface area contributed by atoms with Gasteiger partial charge >= 0.3 is 0 Å². The van der Waals surface area contributed by atoms with Gasteiger partial charge in [-0.2, -0.15) is 0 Å². The van der Waals surface area contributed by atoms with Crippen molar-refractivity contribution in [2.75, 3.05) is 11.9 Å². The van der Waals surface area contributed by atoms with Crippen molar-refractivity contribution >= 4 is 23.3 Å². The third-order valence-electron chi connectivity index (χ3n) is 5.92. The van der Waals surface area contributed by atoms with Gasteiger partial charge in [0, 0.05) is 35.5 Å². The lowest BCUT2D eigenvalue weighted by atomic mass is 9.65. The first-order valence-corrected chi connectivity index (χ1v) is 9.89. The van der Waals surface area contributed by atoms with Gasteiger partial charge in [0.1, 0.15) is 0 Å². The highest BCUT2D eigenvalue weighted by molar-refractivity contribution is 6.06. The first kappa shape index (κ1) is 20.3. The fraction of sp³-hybridized carbons (Fsp3) is 0.522. The normalized spacial score (nSPS) is 26.1. The Hall–Kier alpha value is -2.43. The summed E-state index contributed by atoms with van der Waals surface area (Å²) >= 11 is 0. The maximum atomic E-state index is 13.0. The lowest BCUT2D eigenvalue weighted by molar-refractivity contribution is -0.128. The molecule has 2 bridgehead atoms. The molecule has 1 heterocycles. The molecule has 2 unspecified atom stereocenters. The van der Waals surface area contributed by atoms with Gasteiger partial charge in [0.2, 0.25) is 11.8 Å². The van der Waals surface area contributed by atoms with Crippen LogP contribution in [0.15, 0.2) is 35.9 Å². The monoisotopic (exact) mass is 382 g/mol. The molecular formula is C23H30N2O3. The standard InChI is InChI=1S/C23H30N2O3/c1-15(10-20(27)24-18-8-6-17(7-9-18)16(2)26)21(28)25-14-23(5)12-19(25)11-22(3,4)13-23/h6-10,19H,11-14H2,1-5H3,(H,24,27)/b15-10-. The van der Waals surface area contributed by atoms with Crippen LogP contribution in [0.25, 0.3) is 0 Å². The number of nitrogens with one attached hydrogen (secondary N) is 1. The van der Waals surface area contributed by atoms with Crippen LogP contribution in [0.4, 0.5) is 5.69 Å². The molecule has 28 heavy (non-hydrogen) atoms. The molecule has 2 fully saturated rings. The Morgan fingerprint density at radius 1 is 1.07 bits per heavy atom. The Morgan fingerprint density at radius 3 is 2.32 bits per heavy atom. The Balaban J connectivity index is 1.66. The van der Waals surface area contributed by atoms with Gasteiger partial charge in [0.25, 0.3) is 0 Å². The van der Waals surface area contributed by atoms with Crippen molar-refractivity contribution in [3.05, 3.63) is 41.5 Å². The van der Waals surface area contributed by atoms with E-state index in [4.69, 9.17) is 0 Å². The van der Waals surface area contributed by atoms with Crippen LogP contribution < -0.4 is 5.32 Å². The lowest BCUT2D eigenvalue weighted by Crippen LogP contribution is -2.38. The van der Waals surface area contributed by atoms with Gasteiger partial charge < -0.3 is 10.2 Å². The van der Waals surface area contributed by atoms with Crippen molar-refractivity contribution < 1.29 is 14.4 Å². The van der Waals surface area contributed by atoms with Gasteiger partial charge in [-0.1, -0.05) is 20.8 Å². The SMILES string of the molecule is CC(=O)c1ccc(NC(=O)/C=C(/C)C(=O)N2CC3(C)CC2CC(C)(C)C3)cc1. The Bertz CT molecular complexity index is 838. The highest BCUT2D eigenvalue weighted by Gasteiger charge is 2.50. The molecule has 0 spiro atoms. The molecule has 1 aromatic rings. The number of benzene rings is 1. The zero-order valence-electron chi connectivity index (χ0n) is 17.5. The molecule has 3 rings (SSSR count). The fourth-order valence-corrected chi connectivity index (χ4v) is 5.15. The van der Waals surface area contributed by atoms with Crippen LogP contribution in [0, 0.1) is 10.8 Å².